The van der Waals surface area contributed by atoms with E-state index in [2.05, 4.69) is 23.8 Å². The first-order chi connectivity index (χ1) is 9.55. The van der Waals surface area contributed by atoms with Crippen molar-refractivity contribution in [3.63, 3.8) is 0 Å². The molecule has 1 aromatic rings. The summed E-state index contributed by atoms with van der Waals surface area (Å²) < 4.78 is 5.09. The number of nitrogens with zero attached hydrogens (tertiary/aromatic N) is 2. The monoisotopic (exact) mass is 276 g/mol. The van der Waals surface area contributed by atoms with Gasteiger partial charge in [-0.1, -0.05) is 26.7 Å². The summed E-state index contributed by atoms with van der Waals surface area (Å²) >= 11 is 0. The standard InChI is InChI=1S/C16H24N2O2/c1-12(2)10-16(6-4-5-7-16)14(19)8-13-9-15(20-3)18-11-17-13/h9,11-12H,4-8,10H2,1-3H3. The van der Waals surface area contributed by atoms with Gasteiger partial charge < -0.3 is 4.74 Å². The van der Waals surface area contributed by atoms with Gasteiger partial charge in [0.2, 0.25) is 5.88 Å². The first kappa shape index (κ1) is 14.9. The smallest absolute Gasteiger partial charge is 0.216 e. The predicted molar refractivity (Wildman–Crippen MR) is 77.7 cm³/mol. The maximum absolute atomic E-state index is 12.8. The third kappa shape index (κ3) is 3.35. The molecule has 0 aliphatic heterocycles. The van der Waals surface area contributed by atoms with Gasteiger partial charge in [0.05, 0.1) is 12.8 Å². The molecule has 0 bridgehead atoms. The molecule has 0 amide bonds. The number of aromatic nitrogens is 2. The van der Waals surface area contributed by atoms with E-state index in [1.54, 1.807) is 13.2 Å². The van der Waals surface area contributed by atoms with E-state index in [-0.39, 0.29) is 5.41 Å². The average Bonchev–Trinajstić information content (AvgIpc) is 2.88. The molecule has 0 aromatic carbocycles. The van der Waals surface area contributed by atoms with Crippen LogP contribution in [-0.4, -0.2) is 22.9 Å². The van der Waals surface area contributed by atoms with Gasteiger partial charge in [-0.2, -0.15) is 0 Å². The second-order valence-electron chi connectivity index (χ2n) is 6.24. The molecule has 1 saturated carbocycles. The molecule has 1 aliphatic rings. The van der Waals surface area contributed by atoms with Crippen molar-refractivity contribution in [2.75, 3.05) is 7.11 Å². The van der Waals surface area contributed by atoms with Crippen molar-refractivity contribution in [3.8, 4) is 5.88 Å². The van der Waals surface area contributed by atoms with Crippen molar-refractivity contribution < 1.29 is 9.53 Å². The number of ketones is 1. The van der Waals surface area contributed by atoms with E-state index in [1.807, 2.05) is 0 Å². The van der Waals surface area contributed by atoms with Crippen molar-refractivity contribution in [3.05, 3.63) is 18.1 Å². The Labute approximate surface area is 121 Å². The van der Waals surface area contributed by atoms with Gasteiger partial charge in [-0.05, 0) is 25.2 Å². The second kappa shape index (κ2) is 6.33. The summed E-state index contributed by atoms with van der Waals surface area (Å²) in [7, 11) is 1.57. The molecule has 2 rings (SSSR count). The molecule has 0 spiro atoms. The fourth-order valence-electron chi connectivity index (χ4n) is 3.37. The van der Waals surface area contributed by atoms with Gasteiger partial charge in [0.25, 0.3) is 0 Å². The quantitative estimate of drug-likeness (QED) is 0.800. The maximum atomic E-state index is 12.8. The molecule has 1 fully saturated rings. The molecule has 0 atom stereocenters. The maximum Gasteiger partial charge on any atom is 0.216 e. The Morgan fingerprint density at radius 1 is 1.35 bits per heavy atom. The van der Waals surface area contributed by atoms with Crippen LogP contribution in [0.1, 0.15) is 51.6 Å². The molecule has 4 nitrogen and oxygen atoms in total. The zero-order chi connectivity index (χ0) is 14.6. The van der Waals surface area contributed by atoms with Gasteiger partial charge in [-0.3, -0.25) is 4.79 Å². The van der Waals surface area contributed by atoms with Gasteiger partial charge >= 0.3 is 0 Å². The van der Waals surface area contributed by atoms with Crippen molar-refractivity contribution in [2.45, 2.75) is 52.4 Å². The van der Waals surface area contributed by atoms with Crippen molar-refractivity contribution in [1.82, 2.24) is 9.97 Å². The van der Waals surface area contributed by atoms with Crippen molar-refractivity contribution in [2.24, 2.45) is 11.3 Å². The first-order valence-electron chi connectivity index (χ1n) is 7.44. The van der Waals surface area contributed by atoms with Crippen LogP contribution in [0.3, 0.4) is 0 Å². The van der Waals surface area contributed by atoms with Crippen LogP contribution in [0.2, 0.25) is 0 Å². The largest absolute Gasteiger partial charge is 0.481 e. The third-order valence-electron chi connectivity index (χ3n) is 4.20. The highest BCUT2D eigenvalue weighted by atomic mass is 16.5. The molecular formula is C16H24N2O2. The lowest BCUT2D eigenvalue weighted by Crippen LogP contribution is -2.31. The van der Waals surface area contributed by atoms with Crippen LogP contribution in [0.5, 0.6) is 5.88 Å². The Morgan fingerprint density at radius 3 is 2.65 bits per heavy atom. The van der Waals surface area contributed by atoms with E-state index in [0.29, 0.717) is 24.0 Å². The van der Waals surface area contributed by atoms with Crippen LogP contribution < -0.4 is 4.74 Å². The molecule has 0 N–H and O–H groups in total. The molecule has 1 aromatic heterocycles. The Hall–Kier alpha value is -1.45. The molecule has 0 unspecified atom stereocenters. The van der Waals surface area contributed by atoms with Crippen LogP contribution in [0, 0.1) is 11.3 Å². The number of hydrogen-bond acceptors (Lipinski definition) is 4. The Morgan fingerprint density at radius 2 is 2.05 bits per heavy atom. The number of hydrogen-bond donors (Lipinski definition) is 0. The third-order valence-corrected chi connectivity index (χ3v) is 4.20. The number of Topliss-reactive ketones (excluding diaryl/α,β-unsaturated/α-hetero) is 1. The highest BCUT2D eigenvalue weighted by Crippen LogP contribution is 2.44. The minimum Gasteiger partial charge on any atom is -0.481 e. The summed E-state index contributed by atoms with van der Waals surface area (Å²) in [5, 5.41) is 0. The SMILES string of the molecule is COc1cc(CC(=O)C2(CC(C)C)CCCC2)ncn1. The van der Waals surface area contributed by atoms with Crippen LogP contribution in [0.25, 0.3) is 0 Å². The lowest BCUT2D eigenvalue weighted by molar-refractivity contribution is -0.128. The molecular weight excluding hydrogens is 252 g/mol. The highest BCUT2D eigenvalue weighted by molar-refractivity contribution is 5.86. The second-order valence-corrected chi connectivity index (χ2v) is 6.24. The minimum atomic E-state index is -0.119. The van der Waals surface area contributed by atoms with Crippen LogP contribution in [-0.2, 0) is 11.2 Å². The molecule has 1 heterocycles. The van der Waals surface area contributed by atoms with E-state index in [1.165, 1.54) is 19.2 Å². The number of ether oxygens (including phenoxy) is 1. The van der Waals surface area contributed by atoms with E-state index in [0.717, 1.165) is 25.0 Å². The zero-order valence-electron chi connectivity index (χ0n) is 12.7. The van der Waals surface area contributed by atoms with Crippen molar-refractivity contribution in [1.29, 1.82) is 0 Å². The Kier molecular flexibility index (Phi) is 4.73. The summed E-state index contributed by atoms with van der Waals surface area (Å²) in [6.45, 7) is 4.39. The number of rotatable bonds is 6. The van der Waals surface area contributed by atoms with Gasteiger partial charge in [0.15, 0.2) is 0 Å². The van der Waals surface area contributed by atoms with Gasteiger partial charge in [-0.25, -0.2) is 9.97 Å². The van der Waals surface area contributed by atoms with Gasteiger partial charge in [-0.15, -0.1) is 0 Å². The van der Waals surface area contributed by atoms with Crippen LogP contribution in [0.4, 0.5) is 0 Å². The number of carbonyl (C=O) groups excluding carboxylic acids is 1. The van der Waals surface area contributed by atoms with Crippen LogP contribution >= 0.6 is 0 Å². The predicted octanol–water partition coefficient (Wildman–Crippen LogP) is 3.20. The lowest BCUT2D eigenvalue weighted by atomic mass is 9.74. The molecule has 0 radical (unpaired) electrons. The molecule has 1 aliphatic carbocycles. The summed E-state index contributed by atoms with van der Waals surface area (Å²) in [5.74, 6) is 1.41. The highest BCUT2D eigenvalue weighted by Gasteiger charge is 2.40. The number of carbonyl (C=O) groups is 1. The average molecular weight is 276 g/mol. The number of methoxy groups -OCH3 is 1. The fraction of sp³-hybridized carbons (Fsp3) is 0.688. The normalized spacial score (nSPS) is 17.4. The first-order valence-corrected chi connectivity index (χ1v) is 7.44. The molecule has 0 saturated heterocycles. The van der Waals surface area contributed by atoms with Gasteiger partial charge in [0, 0.05) is 17.9 Å². The van der Waals surface area contributed by atoms with Crippen molar-refractivity contribution >= 4 is 5.78 Å². The van der Waals surface area contributed by atoms with E-state index in [4.69, 9.17) is 4.74 Å². The Bertz CT molecular complexity index is 465. The van der Waals surface area contributed by atoms with E-state index in [9.17, 15) is 4.79 Å². The van der Waals surface area contributed by atoms with Crippen LogP contribution in [0.15, 0.2) is 12.4 Å². The topological polar surface area (TPSA) is 52.1 Å². The minimum absolute atomic E-state index is 0.119. The summed E-state index contributed by atoms with van der Waals surface area (Å²) in [5.41, 5.74) is 0.642. The molecule has 4 heteroatoms. The molecule has 20 heavy (non-hydrogen) atoms. The summed E-state index contributed by atoms with van der Waals surface area (Å²) in [6.07, 6.45) is 7.26. The fourth-order valence-corrected chi connectivity index (χ4v) is 3.37. The van der Waals surface area contributed by atoms with E-state index < -0.39 is 0 Å². The van der Waals surface area contributed by atoms with E-state index >= 15 is 0 Å². The Balaban J connectivity index is 2.12. The summed E-state index contributed by atoms with van der Waals surface area (Å²) in [6, 6.07) is 1.76. The van der Waals surface area contributed by atoms with Gasteiger partial charge in [0.1, 0.15) is 12.1 Å². The summed E-state index contributed by atoms with van der Waals surface area (Å²) in [4.78, 5) is 21.0. The lowest BCUT2D eigenvalue weighted by Gasteiger charge is -2.29. The zero-order valence-corrected chi connectivity index (χ0v) is 12.7. The molecule has 110 valence electrons.